The molecule has 0 spiro atoms. The van der Waals surface area contributed by atoms with Crippen LogP contribution in [0.2, 0.25) is 5.02 Å². The molecular formula is C13H9ClOS. The Kier molecular flexibility index (Phi) is 2.43. The van der Waals surface area contributed by atoms with Gasteiger partial charge in [0.05, 0.1) is 0 Å². The van der Waals surface area contributed by atoms with Crippen molar-refractivity contribution in [2.45, 2.75) is 15.9 Å². The number of hydrogen-bond acceptors (Lipinski definition) is 2. The molecule has 0 aromatic heterocycles. The molecule has 1 nitrogen and oxygen atoms in total. The van der Waals surface area contributed by atoms with E-state index in [1.807, 2.05) is 42.5 Å². The zero-order valence-electron chi connectivity index (χ0n) is 8.35. The minimum atomic E-state index is -0.564. The summed E-state index contributed by atoms with van der Waals surface area (Å²) in [6.45, 7) is 0. The van der Waals surface area contributed by atoms with Crippen LogP contribution in [-0.2, 0) is 0 Å². The Hall–Kier alpha value is -0.960. The molecule has 2 aromatic rings. The van der Waals surface area contributed by atoms with Crippen molar-refractivity contribution in [3.8, 4) is 0 Å². The van der Waals surface area contributed by atoms with Gasteiger partial charge in [-0.1, -0.05) is 41.6 Å². The lowest BCUT2D eigenvalue weighted by atomic mass is 10.0. The molecule has 1 unspecified atom stereocenters. The summed E-state index contributed by atoms with van der Waals surface area (Å²) in [5.74, 6) is 0. The second kappa shape index (κ2) is 3.81. The maximum absolute atomic E-state index is 10.3. The van der Waals surface area contributed by atoms with Crippen molar-refractivity contribution < 1.29 is 5.11 Å². The summed E-state index contributed by atoms with van der Waals surface area (Å²) in [6, 6.07) is 13.6. The highest BCUT2D eigenvalue weighted by atomic mass is 35.5. The first-order chi connectivity index (χ1) is 7.75. The molecule has 0 amide bonds. The normalized spacial score (nSPS) is 17.8. The third-order valence-electron chi connectivity index (χ3n) is 2.70. The van der Waals surface area contributed by atoms with Crippen LogP contribution in [0.3, 0.4) is 0 Å². The Morgan fingerprint density at radius 2 is 1.75 bits per heavy atom. The van der Waals surface area contributed by atoms with Crippen molar-refractivity contribution >= 4 is 23.4 Å². The molecule has 1 N–H and O–H groups in total. The molecular weight excluding hydrogens is 240 g/mol. The summed E-state index contributed by atoms with van der Waals surface area (Å²) in [6.07, 6.45) is -0.564. The minimum absolute atomic E-state index is 0.564. The molecule has 1 atom stereocenters. The van der Waals surface area contributed by atoms with Crippen molar-refractivity contribution in [2.24, 2.45) is 0 Å². The fourth-order valence-corrected chi connectivity index (χ4v) is 3.20. The van der Waals surface area contributed by atoms with Crippen LogP contribution in [0.4, 0.5) is 0 Å². The van der Waals surface area contributed by atoms with Gasteiger partial charge in [-0.2, -0.15) is 0 Å². The van der Waals surface area contributed by atoms with Crippen LogP contribution < -0.4 is 0 Å². The number of halogens is 1. The highest BCUT2D eigenvalue weighted by molar-refractivity contribution is 7.99. The SMILES string of the molecule is OC1c2ccccc2Sc2ccc(Cl)cc21. The van der Waals surface area contributed by atoms with Gasteiger partial charge in [0.15, 0.2) is 0 Å². The van der Waals surface area contributed by atoms with E-state index in [1.54, 1.807) is 11.8 Å². The Labute approximate surface area is 103 Å². The molecule has 2 aromatic carbocycles. The van der Waals surface area contributed by atoms with Crippen LogP contribution in [0.25, 0.3) is 0 Å². The first kappa shape index (κ1) is 10.2. The van der Waals surface area contributed by atoms with E-state index in [0.29, 0.717) is 5.02 Å². The second-order valence-electron chi connectivity index (χ2n) is 3.72. The fraction of sp³-hybridized carbons (Fsp3) is 0.0769. The van der Waals surface area contributed by atoms with Gasteiger partial charge in [-0.05, 0) is 29.8 Å². The monoisotopic (exact) mass is 248 g/mol. The van der Waals surface area contributed by atoms with Gasteiger partial charge >= 0.3 is 0 Å². The highest BCUT2D eigenvalue weighted by Gasteiger charge is 2.23. The van der Waals surface area contributed by atoms with Crippen LogP contribution in [0.1, 0.15) is 17.2 Å². The third-order valence-corrected chi connectivity index (χ3v) is 4.12. The lowest BCUT2D eigenvalue weighted by Gasteiger charge is -2.23. The van der Waals surface area contributed by atoms with Gasteiger partial charge < -0.3 is 5.11 Å². The molecule has 0 bridgehead atoms. The molecule has 80 valence electrons. The molecule has 3 rings (SSSR count). The van der Waals surface area contributed by atoms with Crippen LogP contribution in [-0.4, -0.2) is 5.11 Å². The lowest BCUT2D eigenvalue weighted by Crippen LogP contribution is -2.07. The average molecular weight is 249 g/mol. The number of aliphatic hydroxyl groups excluding tert-OH is 1. The summed E-state index contributed by atoms with van der Waals surface area (Å²) in [7, 11) is 0. The zero-order valence-corrected chi connectivity index (χ0v) is 9.92. The first-order valence-electron chi connectivity index (χ1n) is 5.00. The van der Waals surface area contributed by atoms with E-state index in [9.17, 15) is 5.11 Å². The van der Waals surface area contributed by atoms with Crippen molar-refractivity contribution in [3.05, 3.63) is 58.6 Å². The Bertz CT molecular complexity index is 553. The Balaban J connectivity index is 2.19. The largest absolute Gasteiger partial charge is 0.384 e. The third kappa shape index (κ3) is 1.54. The number of rotatable bonds is 0. The van der Waals surface area contributed by atoms with E-state index < -0.39 is 6.10 Å². The molecule has 0 radical (unpaired) electrons. The summed E-state index contributed by atoms with van der Waals surface area (Å²) >= 11 is 7.62. The zero-order chi connectivity index (χ0) is 11.1. The van der Waals surface area contributed by atoms with E-state index in [2.05, 4.69) is 0 Å². The predicted octanol–water partition coefficient (Wildman–Crippen LogP) is 3.89. The van der Waals surface area contributed by atoms with E-state index in [1.165, 1.54) is 0 Å². The smallest absolute Gasteiger partial charge is 0.106 e. The maximum Gasteiger partial charge on any atom is 0.106 e. The fourth-order valence-electron chi connectivity index (χ4n) is 1.91. The first-order valence-corrected chi connectivity index (χ1v) is 6.19. The number of aliphatic hydroxyl groups is 1. The quantitative estimate of drug-likeness (QED) is 0.763. The van der Waals surface area contributed by atoms with E-state index in [-0.39, 0.29) is 0 Å². The van der Waals surface area contributed by atoms with Gasteiger partial charge in [-0.15, -0.1) is 0 Å². The summed E-state index contributed by atoms with van der Waals surface area (Å²) < 4.78 is 0. The molecule has 0 aliphatic carbocycles. The van der Waals surface area contributed by atoms with E-state index >= 15 is 0 Å². The molecule has 1 heterocycles. The summed E-state index contributed by atoms with van der Waals surface area (Å²) in [4.78, 5) is 2.19. The topological polar surface area (TPSA) is 20.2 Å². The van der Waals surface area contributed by atoms with Crippen LogP contribution in [0, 0.1) is 0 Å². The van der Waals surface area contributed by atoms with Crippen LogP contribution in [0.5, 0.6) is 0 Å². The van der Waals surface area contributed by atoms with Crippen molar-refractivity contribution in [1.29, 1.82) is 0 Å². The molecule has 1 aliphatic rings. The van der Waals surface area contributed by atoms with Gasteiger partial charge in [0, 0.05) is 20.4 Å². The molecule has 16 heavy (non-hydrogen) atoms. The maximum atomic E-state index is 10.3. The van der Waals surface area contributed by atoms with Gasteiger partial charge in [-0.3, -0.25) is 0 Å². The Morgan fingerprint density at radius 1 is 1.00 bits per heavy atom. The molecule has 0 saturated heterocycles. The standard InChI is InChI=1S/C13H9ClOS/c14-8-5-6-12-10(7-8)13(15)9-3-1-2-4-11(9)16-12/h1-7,13,15H. The number of hydrogen-bond donors (Lipinski definition) is 1. The summed E-state index contributed by atoms with van der Waals surface area (Å²) in [5.41, 5.74) is 1.86. The molecule has 1 aliphatic heterocycles. The van der Waals surface area contributed by atoms with Crippen LogP contribution in [0.15, 0.2) is 52.3 Å². The molecule has 0 saturated carbocycles. The number of benzene rings is 2. The molecule has 0 fully saturated rings. The highest BCUT2D eigenvalue weighted by Crippen LogP contribution is 2.45. The van der Waals surface area contributed by atoms with E-state index in [4.69, 9.17) is 11.6 Å². The number of fused-ring (bicyclic) bond motifs is 2. The average Bonchev–Trinajstić information content (AvgIpc) is 2.31. The van der Waals surface area contributed by atoms with E-state index in [0.717, 1.165) is 20.9 Å². The molecule has 3 heteroatoms. The van der Waals surface area contributed by atoms with Gasteiger partial charge in [0.2, 0.25) is 0 Å². The van der Waals surface area contributed by atoms with Gasteiger partial charge in [0.25, 0.3) is 0 Å². The van der Waals surface area contributed by atoms with Crippen molar-refractivity contribution in [1.82, 2.24) is 0 Å². The summed E-state index contributed by atoms with van der Waals surface area (Å²) in [5, 5.41) is 10.9. The minimum Gasteiger partial charge on any atom is -0.384 e. The Morgan fingerprint density at radius 3 is 2.62 bits per heavy atom. The predicted molar refractivity (Wildman–Crippen MR) is 66.1 cm³/mol. The lowest BCUT2D eigenvalue weighted by molar-refractivity contribution is 0.213. The second-order valence-corrected chi connectivity index (χ2v) is 5.24. The van der Waals surface area contributed by atoms with Crippen molar-refractivity contribution in [3.63, 3.8) is 0 Å². The van der Waals surface area contributed by atoms with Gasteiger partial charge in [-0.25, -0.2) is 0 Å². The van der Waals surface area contributed by atoms with Crippen LogP contribution >= 0.6 is 23.4 Å². The van der Waals surface area contributed by atoms with Crippen molar-refractivity contribution in [2.75, 3.05) is 0 Å². The van der Waals surface area contributed by atoms with Gasteiger partial charge in [0.1, 0.15) is 6.10 Å².